The first kappa shape index (κ1) is 22.0. The molecule has 0 radical (unpaired) electrons. The summed E-state index contributed by atoms with van der Waals surface area (Å²) in [5.41, 5.74) is 5.61. The van der Waals surface area contributed by atoms with Gasteiger partial charge in [0.05, 0.1) is 54.5 Å². The van der Waals surface area contributed by atoms with Crippen LogP contribution < -0.4 is 19.5 Å². The molecule has 4 aromatic rings. The molecule has 1 aromatic carbocycles. The summed E-state index contributed by atoms with van der Waals surface area (Å²) in [6.07, 6.45) is 3.77. The van der Waals surface area contributed by atoms with Crippen LogP contribution >= 0.6 is 11.6 Å². The van der Waals surface area contributed by atoms with E-state index in [1.165, 1.54) is 7.11 Å². The van der Waals surface area contributed by atoms with E-state index in [2.05, 4.69) is 20.3 Å². The number of aromatic nitrogens is 3. The minimum absolute atomic E-state index is 0.0813. The summed E-state index contributed by atoms with van der Waals surface area (Å²) in [6, 6.07) is 9.09. The number of fused-ring (bicyclic) bond motifs is 2. The molecule has 0 spiro atoms. The van der Waals surface area contributed by atoms with Gasteiger partial charge in [0, 0.05) is 29.9 Å². The molecule has 0 saturated carbocycles. The van der Waals surface area contributed by atoms with Crippen molar-refractivity contribution in [3.05, 3.63) is 52.8 Å². The zero-order valence-electron chi connectivity index (χ0n) is 19.0. The van der Waals surface area contributed by atoms with Crippen LogP contribution in [0.15, 0.2) is 36.5 Å². The summed E-state index contributed by atoms with van der Waals surface area (Å²) in [5.74, 6) is 1.42. The van der Waals surface area contributed by atoms with Crippen molar-refractivity contribution in [2.45, 2.75) is 19.3 Å². The van der Waals surface area contributed by atoms with Crippen molar-refractivity contribution in [2.75, 3.05) is 26.6 Å². The number of rotatable bonds is 6. The highest BCUT2D eigenvalue weighted by Crippen LogP contribution is 2.43. The SMILES string of the molecule is COc1cc2nccc(-c3[nH]c4c(c3Nc3cccc(Cl)c3OC)C(=O)CCC4)c2nc1OC. The van der Waals surface area contributed by atoms with Gasteiger partial charge < -0.3 is 24.5 Å². The first-order valence-electron chi connectivity index (χ1n) is 10.8. The van der Waals surface area contributed by atoms with Crippen molar-refractivity contribution < 1.29 is 19.0 Å². The number of nitrogens with zero attached hydrogens (tertiary/aromatic N) is 2. The van der Waals surface area contributed by atoms with Gasteiger partial charge in [-0.25, -0.2) is 4.98 Å². The van der Waals surface area contributed by atoms with Crippen LogP contribution in [0.25, 0.3) is 22.3 Å². The lowest BCUT2D eigenvalue weighted by Crippen LogP contribution is -2.11. The Bertz CT molecular complexity index is 1420. The number of hydrogen-bond donors (Lipinski definition) is 2. The van der Waals surface area contributed by atoms with Crippen LogP contribution in [0.3, 0.4) is 0 Å². The molecule has 0 atom stereocenters. The summed E-state index contributed by atoms with van der Waals surface area (Å²) in [5, 5.41) is 3.89. The van der Waals surface area contributed by atoms with Gasteiger partial charge in [0.25, 0.3) is 5.88 Å². The second-order valence-electron chi connectivity index (χ2n) is 7.88. The molecule has 9 heteroatoms. The first-order chi connectivity index (χ1) is 16.5. The fourth-order valence-corrected chi connectivity index (χ4v) is 4.66. The number of carbonyl (C=O) groups excluding carboxylic acids is 1. The molecule has 5 rings (SSSR count). The molecule has 3 aromatic heterocycles. The number of carbonyl (C=O) groups is 1. The number of anilines is 2. The van der Waals surface area contributed by atoms with Crippen LogP contribution in [0.5, 0.6) is 17.4 Å². The lowest BCUT2D eigenvalue weighted by molar-refractivity contribution is 0.0973. The smallest absolute Gasteiger partial charge is 0.257 e. The number of aromatic amines is 1. The van der Waals surface area contributed by atoms with Gasteiger partial charge in [-0.2, -0.15) is 0 Å². The number of benzene rings is 1. The maximum Gasteiger partial charge on any atom is 0.257 e. The molecule has 0 aliphatic heterocycles. The Balaban J connectivity index is 1.76. The Morgan fingerprint density at radius 1 is 1.09 bits per heavy atom. The largest absolute Gasteiger partial charge is 0.493 e. The summed E-state index contributed by atoms with van der Waals surface area (Å²) in [7, 11) is 4.66. The third-order valence-electron chi connectivity index (χ3n) is 5.95. The van der Waals surface area contributed by atoms with Crippen molar-refractivity contribution in [2.24, 2.45) is 0 Å². The highest BCUT2D eigenvalue weighted by Gasteiger charge is 2.29. The van der Waals surface area contributed by atoms with Gasteiger partial charge in [-0.3, -0.25) is 9.78 Å². The minimum atomic E-state index is 0.0813. The van der Waals surface area contributed by atoms with Crippen LogP contribution in [0.2, 0.25) is 5.02 Å². The van der Waals surface area contributed by atoms with Crippen molar-refractivity contribution in [3.8, 4) is 28.6 Å². The second-order valence-corrected chi connectivity index (χ2v) is 8.28. The lowest BCUT2D eigenvalue weighted by Gasteiger charge is -2.16. The summed E-state index contributed by atoms with van der Waals surface area (Å²) in [6.45, 7) is 0. The molecule has 1 aliphatic rings. The molecular formula is C25H23ClN4O4. The van der Waals surface area contributed by atoms with Crippen LogP contribution in [0.1, 0.15) is 28.9 Å². The molecule has 0 bridgehead atoms. The van der Waals surface area contributed by atoms with E-state index < -0.39 is 0 Å². The maximum absolute atomic E-state index is 13.0. The Morgan fingerprint density at radius 3 is 2.71 bits per heavy atom. The van der Waals surface area contributed by atoms with Crippen molar-refractivity contribution in [3.63, 3.8) is 0 Å². The molecule has 0 fully saturated rings. The van der Waals surface area contributed by atoms with Gasteiger partial charge in [0.2, 0.25) is 0 Å². The van der Waals surface area contributed by atoms with E-state index in [4.69, 9.17) is 25.8 Å². The Morgan fingerprint density at radius 2 is 1.94 bits per heavy atom. The van der Waals surface area contributed by atoms with E-state index in [0.29, 0.717) is 56.8 Å². The van der Waals surface area contributed by atoms with Gasteiger partial charge in [-0.15, -0.1) is 0 Å². The number of para-hydroxylation sites is 1. The number of halogens is 1. The fraction of sp³-hybridized carbons (Fsp3) is 0.240. The third-order valence-corrected chi connectivity index (χ3v) is 6.24. The molecule has 174 valence electrons. The summed E-state index contributed by atoms with van der Waals surface area (Å²) >= 11 is 6.35. The van der Waals surface area contributed by atoms with Crippen molar-refractivity contribution in [1.29, 1.82) is 0 Å². The molecular weight excluding hydrogens is 456 g/mol. The number of nitrogens with one attached hydrogen (secondary N) is 2. The van der Waals surface area contributed by atoms with Crippen LogP contribution in [-0.2, 0) is 6.42 Å². The van der Waals surface area contributed by atoms with Crippen molar-refractivity contribution >= 4 is 39.8 Å². The van der Waals surface area contributed by atoms with E-state index in [0.717, 1.165) is 29.8 Å². The number of H-pyrrole nitrogens is 1. The van der Waals surface area contributed by atoms with Gasteiger partial charge >= 0.3 is 0 Å². The van der Waals surface area contributed by atoms with E-state index in [1.54, 1.807) is 32.5 Å². The van der Waals surface area contributed by atoms with E-state index in [1.807, 2.05) is 18.2 Å². The van der Waals surface area contributed by atoms with Crippen molar-refractivity contribution in [1.82, 2.24) is 15.0 Å². The standard InChI is InChI=1S/C25H23ClN4O4/c1-32-19-12-17-21(30-25(19)34-3)13(10-11-27-17)22-23(20-15(28-22)7-5-9-18(20)31)29-16-8-4-6-14(26)24(16)33-2/h4,6,8,10-12,28-29H,5,7,9H2,1-3H3. The minimum Gasteiger partial charge on any atom is -0.493 e. The first-order valence-corrected chi connectivity index (χ1v) is 11.2. The predicted molar refractivity (Wildman–Crippen MR) is 131 cm³/mol. The number of ketones is 1. The number of Topliss-reactive ketones (excluding diaryl/α,β-unsaturated/α-hetero) is 1. The molecule has 0 saturated heterocycles. The fourth-order valence-electron chi connectivity index (χ4n) is 4.40. The van der Waals surface area contributed by atoms with Gasteiger partial charge in [0.1, 0.15) is 5.52 Å². The van der Waals surface area contributed by atoms with Gasteiger partial charge in [0.15, 0.2) is 17.3 Å². The van der Waals surface area contributed by atoms with E-state index >= 15 is 0 Å². The predicted octanol–water partition coefficient (Wildman–Crippen LogP) is 5.57. The van der Waals surface area contributed by atoms with E-state index in [9.17, 15) is 4.79 Å². The molecule has 0 amide bonds. The number of hydrogen-bond acceptors (Lipinski definition) is 7. The highest BCUT2D eigenvalue weighted by atomic mass is 35.5. The average Bonchev–Trinajstić information content (AvgIpc) is 3.22. The molecule has 8 nitrogen and oxygen atoms in total. The Labute approximate surface area is 201 Å². The maximum atomic E-state index is 13.0. The summed E-state index contributed by atoms with van der Waals surface area (Å²) in [4.78, 5) is 25.6. The zero-order valence-corrected chi connectivity index (χ0v) is 19.7. The average molecular weight is 479 g/mol. The number of ether oxygens (including phenoxy) is 3. The Kier molecular flexibility index (Phi) is 5.75. The zero-order chi connectivity index (χ0) is 23.8. The third kappa shape index (κ3) is 3.60. The Hall–Kier alpha value is -3.78. The summed E-state index contributed by atoms with van der Waals surface area (Å²) < 4.78 is 16.3. The normalized spacial score (nSPS) is 13.0. The number of aryl methyl sites for hydroxylation is 1. The molecule has 3 heterocycles. The topological polar surface area (TPSA) is 98.4 Å². The number of methoxy groups -OCH3 is 3. The lowest BCUT2D eigenvalue weighted by atomic mass is 9.94. The molecule has 1 aliphatic carbocycles. The monoisotopic (exact) mass is 478 g/mol. The van der Waals surface area contributed by atoms with Crippen LogP contribution in [-0.4, -0.2) is 42.1 Å². The van der Waals surface area contributed by atoms with Crippen LogP contribution in [0.4, 0.5) is 11.4 Å². The highest BCUT2D eigenvalue weighted by molar-refractivity contribution is 6.32. The second kappa shape index (κ2) is 8.87. The van der Waals surface area contributed by atoms with E-state index in [-0.39, 0.29) is 5.78 Å². The van der Waals surface area contributed by atoms with Crippen LogP contribution in [0, 0.1) is 0 Å². The molecule has 34 heavy (non-hydrogen) atoms. The van der Waals surface area contributed by atoms with Gasteiger partial charge in [-0.05, 0) is 31.0 Å². The quantitative estimate of drug-likeness (QED) is 0.374. The molecule has 2 N–H and O–H groups in total. The molecule has 0 unspecified atom stereocenters. The number of pyridine rings is 2. The van der Waals surface area contributed by atoms with Gasteiger partial charge in [-0.1, -0.05) is 17.7 Å².